The van der Waals surface area contributed by atoms with Crippen LogP contribution in [0.3, 0.4) is 0 Å². The number of hydrogen-bond acceptors (Lipinski definition) is 5. The molecule has 12 heteroatoms. The van der Waals surface area contributed by atoms with Crippen LogP contribution in [0.1, 0.15) is 54.0 Å². The van der Waals surface area contributed by atoms with E-state index in [2.05, 4.69) is 0 Å². The van der Waals surface area contributed by atoms with Crippen molar-refractivity contribution in [2.75, 3.05) is 19.4 Å². The Morgan fingerprint density at radius 3 is 2.19 bits per heavy atom. The molecule has 0 spiro atoms. The highest BCUT2D eigenvalue weighted by Gasteiger charge is 2.45. The van der Waals surface area contributed by atoms with Crippen molar-refractivity contribution in [2.45, 2.75) is 44.1 Å². The van der Waals surface area contributed by atoms with Gasteiger partial charge in [-0.2, -0.15) is 26.3 Å². The maximum absolute atomic E-state index is 13.3. The molecule has 6 nitrogen and oxygen atoms in total. The fourth-order valence-electron chi connectivity index (χ4n) is 4.55. The van der Waals surface area contributed by atoms with Crippen LogP contribution in [-0.2, 0) is 21.9 Å². The second-order valence-electron chi connectivity index (χ2n) is 8.78. The van der Waals surface area contributed by atoms with Gasteiger partial charge in [0.05, 0.1) is 24.8 Å². The van der Waals surface area contributed by atoms with E-state index in [1.54, 1.807) is 18.2 Å². The fourth-order valence-corrected chi connectivity index (χ4v) is 4.55. The Morgan fingerprint density at radius 2 is 1.59 bits per heavy atom. The first-order valence-electron chi connectivity index (χ1n) is 11.3. The molecule has 1 saturated heterocycles. The molecule has 2 amide bonds. The Kier molecular flexibility index (Phi) is 6.87. The summed E-state index contributed by atoms with van der Waals surface area (Å²) >= 11 is 0. The largest absolute Gasteiger partial charge is 0.496 e. The molecular weight excluding hydrogens is 506 g/mol. The van der Waals surface area contributed by atoms with E-state index in [9.17, 15) is 35.9 Å². The zero-order valence-electron chi connectivity index (χ0n) is 19.5. The van der Waals surface area contributed by atoms with Gasteiger partial charge in [0.2, 0.25) is 6.10 Å². The summed E-state index contributed by atoms with van der Waals surface area (Å²) in [5.41, 5.74) is 4.66. The van der Waals surface area contributed by atoms with Gasteiger partial charge in [-0.1, -0.05) is 0 Å². The molecule has 1 fully saturated rings. The predicted molar refractivity (Wildman–Crippen MR) is 120 cm³/mol. The van der Waals surface area contributed by atoms with Crippen LogP contribution in [0.15, 0.2) is 42.0 Å². The van der Waals surface area contributed by atoms with E-state index in [1.165, 1.54) is 7.11 Å². The van der Waals surface area contributed by atoms with Gasteiger partial charge in [-0.15, -0.1) is 0 Å². The van der Waals surface area contributed by atoms with Crippen LogP contribution in [-0.4, -0.2) is 30.6 Å². The summed E-state index contributed by atoms with van der Waals surface area (Å²) < 4.78 is 90.1. The number of hydrogen-bond donors (Lipinski definition) is 1. The summed E-state index contributed by atoms with van der Waals surface area (Å²) in [7, 11) is 1.48. The first-order valence-corrected chi connectivity index (χ1v) is 11.3. The van der Waals surface area contributed by atoms with E-state index in [-0.39, 0.29) is 12.6 Å². The Bertz CT molecular complexity index is 1240. The number of amides is 2. The SMILES string of the molecule is COc1ccc(N)cc1C1=C(CN2C(=O)O[C@H](c3cc(C(F)(F)F)cc(C(F)(F)F)c3)C2=O)CCCC1. The van der Waals surface area contributed by atoms with Gasteiger partial charge in [-0.25, -0.2) is 9.69 Å². The summed E-state index contributed by atoms with van der Waals surface area (Å²) in [5, 5.41) is 0. The van der Waals surface area contributed by atoms with Gasteiger partial charge in [0.1, 0.15) is 5.75 Å². The standard InChI is InChI=1S/C25H22F6N2O4/c1-36-20-7-6-17(32)11-19(20)18-5-3-2-4-13(18)12-33-22(34)21(37-23(33)35)14-8-15(24(26,27)28)10-16(9-14)25(29,30)31/h6-11,21H,2-5,12,32H2,1H3/t21-/m1/s1. The zero-order valence-corrected chi connectivity index (χ0v) is 19.5. The maximum atomic E-state index is 13.3. The molecule has 0 unspecified atom stereocenters. The third kappa shape index (κ3) is 5.37. The Labute approximate surface area is 207 Å². The lowest BCUT2D eigenvalue weighted by Gasteiger charge is -2.24. The van der Waals surface area contributed by atoms with Crippen molar-refractivity contribution >= 4 is 23.3 Å². The number of nitrogen functional groups attached to an aromatic ring is 1. The third-order valence-electron chi connectivity index (χ3n) is 6.32. The minimum Gasteiger partial charge on any atom is -0.496 e. The number of halogens is 6. The lowest BCUT2D eigenvalue weighted by atomic mass is 9.86. The number of nitrogens with two attached hydrogens (primary N) is 1. The van der Waals surface area contributed by atoms with Gasteiger partial charge < -0.3 is 15.2 Å². The lowest BCUT2D eigenvalue weighted by molar-refractivity contribution is -0.143. The number of methoxy groups -OCH3 is 1. The number of anilines is 1. The highest BCUT2D eigenvalue weighted by Crippen LogP contribution is 2.41. The molecule has 1 aliphatic heterocycles. The number of imide groups is 1. The predicted octanol–water partition coefficient (Wildman–Crippen LogP) is 6.36. The van der Waals surface area contributed by atoms with Crippen molar-refractivity contribution in [2.24, 2.45) is 0 Å². The van der Waals surface area contributed by atoms with Crippen molar-refractivity contribution in [3.63, 3.8) is 0 Å². The maximum Gasteiger partial charge on any atom is 0.418 e. The highest BCUT2D eigenvalue weighted by molar-refractivity contribution is 6.01. The van der Waals surface area contributed by atoms with E-state index in [1.807, 2.05) is 0 Å². The quantitative estimate of drug-likeness (QED) is 0.361. The van der Waals surface area contributed by atoms with Crippen molar-refractivity contribution in [3.05, 3.63) is 64.2 Å². The monoisotopic (exact) mass is 528 g/mol. The summed E-state index contributed by atoms with van der Waals surface area (Å²) in [4.78, 5) is 26.4. The van der Waals surface area contributed by atoms with Crippen LogP contribution in [0.25, 0.3) is 5.57 Å². The van der Waals surface area contributed by atoms with Gasteiger partial charge in [-0.3, -0.25) is 4.79 Å². The molecule has 2 aromatic rings. The molecule has 2 aliphatic rings. The highest BCUT2D eigenvalue weighted by atomic mass is 19.4. The van der Waals surface area contributed by atoms with Crippen molar-refractivity contribution < 1.29 is 45.4 Å². The molecule has 37 heavy (non-hydrogen) atoms. The number of rotatable bonds is 5. The topological polar surface area (TPSA) is 81.9 Å². The normalized spacial score (nSPS) is 18.9. The molecule has 4 rings (SSSR count). The Balaban J connectivity index is 1.70. The van der Waals surface area contributed by atoms with Gasteiger partial charge in [0.25, 0.3) is 5.91 Å². The molecule has 1 aliphatic carbocycles. The van der Waals surface area contributed by atoms with Crippen molar-refractivity contribution in [1.29, 1.82) is 0 Å². The van der Waals surface area contributed by atoms with Crippen molar-refractivity contribution in [3.8, 4) is 5.75 Å². The van der Waals surface area contributed by atoms with E-state index in [0.29, 0.717) is 52.4 Å². The first-order chi connectivity index (χ1) is 17.3. The molecule has 0 saturated carbocycles. The smallest absolute Gasteiger partial charge is 0.418 e. The van der Waals surface area contributed by atoms with E-state index >= 15 is 0 Å². The van der Waals surface area contributed by atoms with Crippen LogP contribution in [0.5, 0.6) is 5.75 Å². The Hall–Kier alpha value is -3.70. The number of allylic oxidation sites excluding steroid dienone is 1. The average molecular weight is 528 g/mol. The number of alkyl halides is 6. The second-order valence-corrected chi connectivity index (χ2v) is 8.78. The van der Waals surface area contributed by atoms with Crippen LogP contribution >= 0.6 is 0 Å². The minimum atomic E-state index is -5.11. The number of carbonyl (C=O) groups excluding carboxylic acids is 2. The van der Waals surface area contributed by atoms with Crippen LogP contribution < -0.4 is 10.5 Å². The Morgan fingerprint density at radius 1 is 0.973 bits per heavy atom. The molecule has 2 aromatic carbocycles. The number of benzene rings is 2. The number of cyclic esters (lactones) is 1. The van der Waals surface area contributed by atoms with Crippen LogP contribution in [0, 0.1) is 0 Å². The zero-order chi connectivity index (χ0) is 27.1. The molecule has 1 heterocycles. The summed E-state index contributed by atoms with van der Waals surface area (Å²) in [6.07, 6.45) is -10.6. The van der Waals surface area contributed by atoms with Gasteiger partial charge in [0, 0.05) is 16.8 Å². The van der Waals surface area contributed by atoms with E-state index < -0.39 is 47.1 Å². The van der Waals surface area contributed by atoms with Gasteiger partial charge in [0.15, 0.2) is 0 Å². The van der Waals surface area contributed by atoms with Crippen LogP contribution in [0.2, 0.25) is 0 Å². The van der Waals surface area contributed by atoms with E-state index in [0.717, 1.165) is 18.4 Å². The summed E-state index contributed by atoms with van der Waals surface area (Å²) in [6, 6.07) is 5.76. The number of carbonyl (C=O) groups is 2. The van der Waals surface area contributed by atoms with Gasteiger partial charge in [-0.05, 0) is 73.2 Å². The van der Waals surface area contributed by atoms with Gasteiger partial charge >= 0.3 is 18.4 Å². The number of ether oxygens (including phenoxy) is 2. The minimum absolute atomic E-state index is 0.0550. The second kappa shape index (κ2) is 9.64. The number of nitrogens with zero attached hydrogens (tertiary/aromatic N) is 1. The average Bonchev–Trinajstić information content (AvgIpc) is 3.11. The molecule has 0 bridgehead atoms. The van der Waals surface area contributed by atoms with Crippen molar-refractivity contribution in [1.82, 2.24) is 4.90 Å². The molecule has 0 aromatic heterocycles. The summed E-state index contributed by atoms with van der Waals surface area (Å²) in [6.45, 7) is -0.230. The fraction of sp³-hybridized carbons (Fsp3) is 0.360. The van der Waals surface area contributed by atoms with Crippen LogP contribution in [0.4, 0.5) is 36.8 Å². The molecular formula is C25H22F6N2O4. The third-order valence-corrected chi connectivity index (χ3v) is 6.32. The molecule has 198 valence electrons. The molecule has 2 N–H and O–H groups in total. The first kappa shape index (κ1) is 26.4. The molecule has 0 radical (unpaired) electrons. The molecule has 1 atom stereocenters. The lowest BCUT2D eigenvalue weighted by Crippen LogP contribution is -2.32. The summed E-state index contributed by atoms with van der Waals surface area (Å²) in [5.74, 6) is -0.519. The van der Waals surface area contributed by atoms with E-state index in [4.69, 9.17) is 15.2 Å².